The highest BCUT2D eigenvalue weighted by atomic mass is 19.1. The fourth-order valence-electron chi connectivity index (χ4n) is 7.69. The minimum absolute atomic E-state index is 0.0216. The van der Waals surface area contributed by atoms with E-state index in [0.29, 0.717) is 17.4 Å². The Balaban J connectivity index is 1.33. The van der Waals surface area contributed by atoms with Gasteiger partial charge in [0, 0.05) is 17.8 Å². The van der Waals surface area contributed by atoms with Crippen LogP contribution >= 0.6 is 0 Å². The van der Waals surface area contributed by atoms with Gasteiger partial charge in [0.25, 0.3) is 5.91 Å². The smallest absolute Gasteiger partial charge is 0.257 e. The van der Waals surface area contributed by atoms with Gasteiger partial charge in [0.15, 0.2) is 5.65 Å². The Bertz CT molecular complexity index is 1640. The van der Waals surface area contributed by atoms with Crippen molar-refractivity contribution in [2.24, 2.45) is 17.3 Å². The van der Waals surface area contributed by atoms with Crippen LogP contribution in [0.3, 0.4) is 0 Å². The molecule has 202 valence electrons. The lowest BCUT2D eigenvalue weighted by Crippen LogP contribution is -2.51. The molecule has 3 saturated carbocycles. The molecule has 3 aliphatic carbocycles. The molecule has 1 spiro atoms. The van der Waals surface area contributed by atoms with Crippen molar-refractivity contribution >= 4 is 28.7 Å². The quantitative estimate of drug-likeness (QED) is 0.535. The van der Waals surface area contributed by atoms with Crippen molar-refractivity contribution in [1.82, 2.24) is 14.9 Å². The molecule has 3 heterocycles. The molecule has 2 bridgehead atoms. The number of alkyl halides is 1. The standard InChI is InChI=1S/C29H27F3N4O3/c1-28(9-15-6-16-11-29(16,10-15)14-28)34-27(39)20-13-35(22-4-2-17(30)7-21(22)32)26-19(25(20)38)3-5-23(33-26)36-12-18(31)8-24(36)37/h2-5,7,13,15-16,18H,6,8-12,14H2,1H3,(H,34,39). The zero-order chi connectivity index (χ0) is 27.3. The van der Waals surface area contributed by atoms with Gasteiger partial charge in [-0.15, -0.1) is 0 Å². The SMILES string of the molecule is CC1(NC(=O)c2cn(-c3ccc(F)cc3F)c3nc(N4CC(F)CC4=O)ccc3c2=O)CC2CC3CC3(C2)C1. The molecule has 0 radical (unpaired) electrons. The molecule has 4 aliphatic rings. The van der Waals surface area contributed by atoms with E-state index >= 15 is 4.39 Å². The molecule has 5 atom stereocenters. The lowest BCUT2D eigenvalue weighted by Gasteiger charge is -2.40. The number of fused-ring (bicyclic) bond motifs is 2. The van der Waals surface area contributed by atoms with Gasteiger partial charge in [-0.2, -0.15) is 0 Å². The molecule has 2 aromatic heterocycles. The summed E-state index contributed by atoms with van der Waals surface area (Å²) in [6, 6.07) is 5.78. The number of rotatable bonds is 4. The molecule has 5 unspecified atom stereocenters. The second-order valence-electron chi connectivity index (χ2n) is 12.1. The first-order chi connectivity index (χ1) is 18.5. The van der Waals surface area contributed by atoms with Crippen molar-refractivity contribution in [3.8, 4) is 5.69 Å². The zero-order valence-corrected chi connectivity index (χ0v) is 21.3. The first-order valence-electron chi connectivity index (χ1n) is 13.3. The van der Waals surface area contributed by atoms with Gasteiger partial charge in [0.1, 0.15) is 29.2 Å². The number of halogens is 3. The molecule has 1 N–H and O–H groups in total. The van der Waals surface area contributed by atoms with E-state index in [1.807, 2.05) is 6.92 Å². The van der Waals surface area contributed by atoms with Crippen LogP contribution in [0.15, 0.2) is 41.3 Å². The van der Waals surface area contributed by atoms with Crippen LogP contribution in [0.25, 0.3) is 16.7 Å². The van der Waals surface area contributed by atoms with Crippen molar-refractivity contribution < 1.29 is 22.8 Å². The molecule has 1 aromatic carbocycles. The molecule has 7 rings (SSSR count). The first kappa shape index (κ1) is 24.4. The summed E-state index contributed by atoms with van der Waals surface area (Å²) in [6.07, 6.45) is 4.89. The maximum atomic E-state index is 15.0. The Labute approximate surface area is 222 Å². The average Bonchev–Trinajstić information content (AvgIpc) is 3.22. The van der Waals surface area contributed by atoms with Crippen molar-refractivity contribution in [1.29, 1.82) is 0 Å². The third-order valence-electron chi connectivity index (χ3n) is 9.17. The third-order valence-corrected chi connectivity index (χ3v) is 9.17. The molecule has 2 amide bonds. The highest BCUT2D eigenvalue weighted by Crippen LogP contribution is 2.72. The summed E-state index contributed by atoms with van der Waals surface area (Å²) in [5.41, 5.74) is -1.10. The summed E-state index contributed by atoms with van der Waals surface area (Å²) in [5, 5.41) is 3.14. The van der Waals surface area contributed by atoms with Gasteiger partial charge in [0.2, 0.25) is 11.3 Å². The van der Waals surface area contributed by atoms with E-state index in [9.17, 15) is 23.2 Å². The third kappa shape index (κ3) is 3.86. The summed E-state index contributed by atoms with van der Waals surface area (Å²) >= 11 is 0. The summed E-state index contributed by atoms with van der Waals surface area (Å²) in [6.45, 7) is 1.84. The van der Waals surface area contributed by atoms with Crippen molar-refractivity contribution in [3.63, 3.8) is 0 Å². The summed E-state index contributed by atoms with van der Waals surface area (Å²) < 4.78 is 43.9. The van der Waals surface area contributed by atoms with Gasteiger partial charge in [-0.25, -0.2) is 18.2 Å². The number of anilines is 1. The fraction of sp³-hybridized carbons (Fsp3) is 0.448. The molecule has 1 saturated heterocycles. The number of nitrogens with zero attached hydrogens (tertiary/aromatic N) is 3. The summed E-state index contributed by atoms with van der Waals surface area (Å²) in [7, 11) is 0. The molecule has 10 heteroatoms. The molecule has 39 heavy (non-hydrogen) atoms. The molecule has 4 fully saturated rings. The van der Waals surface area contributed by atoms with Crippen LogP contribution in [0.2, 0.25) is 0 Å². The Kier molecular flexibility index (Phi) is 5.10. The van der Waals surface area contributed by atoms with Gasteiger partial charge in [0.05, 0.1) is 24.0 Å². The highest BCUT2D eigenvalue weighted by Gasteiger charge is 2.65. The highest BCUT2D eigenvalue weighted by molar-refractivity contribution is 5.99. The van der Waals surface area contributed by atoms with E-state index in [1.165, 1.54) is 53.1 Å². The van der Waals surface area contributed by atoms with E-state index in [2.05, 4.69) is 10.3 Å². The Morgan fingerprint density at radius 1 is 1.13 bits per heavy atom. The maximum Gasteiger partial charge on any atom is 0.257 e. The van der Waals surface area contributed by atoms with Crippen LogP contribution in [0.1, 0.15) is 55.8 Å². The normalized spacial score (nSPS) is 31.0. The van der Waals surface area contributed by atoms with Crippen LogP contribution in [0.5, 0.6) is 0 Å². The zero-order valence-electron chi connectivity index (χ0n) is 21.3. The van der Waals surface area contributed by atoms with Gasteiger partial charge in [-0.3, -0.25) is 23.9 Å². The maximum absolute atomic E-state index is 15.0. The van der Waals surface area contributed by atoms with Gasteiger partial charge >= 0.3 is 0 Å². The number of carbonyl (C=O) groups is 2. The van der Waals surface area contributed by atoms with Crippen LogP contribution < -0.4 is 15.6 Å². The number of carbonyl (C=O) groups excluding carboxylic acids is 2. The number of hydrogen-bond donors (Lipinski definition) is 1. The van der Waals surface area contributed by atoms with E-state index in [1.54, 1.807) is 0 Å². The predicted molar refractivity (Wildman–Crippen MR) is 137 cm³/mol. The van der Waals surface area contributed by atoms with Crippen LogP contribution in [0, 0.1) is 28.9 Å². The number of pyridine rings is 2. The molecule has 7 nitrogen and oxygen atoms in total. The van der Waals surface area contributed by atoms with Crippen LogP contribution in [-0.2, 0) is 4.79 Å². The van der Waals surface area contributed by atoms with Gasteiger partial charge in [-0.05, 0) is 80.5 Å². The van der Waals surface area contributed by atoms with E-state index < -0.39 is 40.6 Å². The minimum Gasteiger partial charge on any atom is -0.347 e. The van der Waals surface area contributed by atoms with E-state index in [-0.39, 0.29) is 41.1 Å². The number of amides is 2. The molecule has 1 aliphatic heterocycles. The van der Waals surface area contributed by atoms with Crippen molar-refractivity contribution in [2.75, 3.05) is 11.4 Å². The summed E-state index contributed by atoms with van der Waals surface area (Å²) in [4.78, 5) is 45.1. The van der Waals surface area contributed by atoms with E-state index in [0.717, 1.165) is 24.8 Å². The van der Waals surface area contributed by atoms with Crippen molar-refractivity contribution in [2.45, 2.75) is 57.2 Å². The molecular weight excluding hydrogens is 509 g/mol. The van der Waals surface area contributed by atoms with Gasteiger partial charge < -0.3 is 5.32 Å². The number of hydrogen-bond acceptors (Lipinski definition) is 4. The lowest BCUT2D eigenvalue weighted by molar-refractivity contribution is -0.117. The van der Waals surface area contributed by atoms with Gasteiger partial charge in [-0.1, -0.05) is 0 Å². The average molecular weight is 537 g/mol. The molecule has 3 aromatic rings. The molecular formula is C29H27F3N4O3. The monoisotopic (exact) mass is 536 g/mol. The van der Waals surface area contributed by atoms with Crippen LogP contribution in [-0.4, -0.2) is 39.6 Å². The van der Waals surface area contributed by atoms with E-state index in [4.69, 9.17) is 0 Å². The Morgan fingerprint density at radius 2 is 1.95 bits per heavy atom. The number of benzene rings is 1. The van der Waals surface area contributed by atoms with Crippen LogP contribution in [0.4, 0.5) is 19.0 Å². The number of nitrogens with one attached hydrogen (secondary N) is 1. The topological polar surface area (TPSA) is 84.3 Å². The number of aromatic nitrogens is 2. The minimum atomic E-state index is -1.35. The predicted octanol–water partition coefficient (Wildman–Crippen LogP) is 4.44. The second kappa shape index (κ2) is 8.16. The summed E-state index contributed by atoms with van der Waals surface area (Å²) in [5.74, 6) is -1.34. The van der Waals surface area contributed by atoms with Crippen molar-refractivity contribution in [3.05, 3.63) is 63.9 Å². The fourth-order valence-corrected chi connectivity index (χ4v) is 7.69. The Morgan fingerprint density at radius 3 is 2.67 bits per heavy atom. The lowest BCUT2D eigenvalue weighted by atomic mass is 9.72. The largest absolute Gasteiger partial charge is 0.347 e. The Hall–Kier alpha value is -3.69. The first-order valence-corrected chi connectivity index (χ1v) is 13.3. The second-order valence-corrected chi connectivity index (χ2v) is 12.1.